The van der Waals surface area contributed by atoms with Crippen molar-refractivity contribution >= 4 is 11.6 Å². The van der Waals surface area contributed by atoms with Gasteiger partial charge < -0.3 is 10.5 Å². The third-order valence-electron chi connectivity index (χ3n) is 2.67. The smallest absolute Gasteiger partial charge is 0.127 e. The fourth-order valence-corrected chi connectivity index (χ4v) is 2.00. The zero-order valence-corrected chi connectivity index (χ0v) is 10.4. The Morgan fingerprint density at radius 3 is 2.53 bits per heavy atom. The van der Waals surface area contributed by atoms with Gasteiger partial charge in [0.15, 0.2) is 0 Å². The molecule has 2 nitrogen and oxygen atoms in total. The Labute approximate surface area is 106 Å². The molecule has 0 spiro atoms. The van der Waals surface area contributed by atoms with E-state index in [2.05, 4.69) is 0 Å². The molecule has 0 bridgehead atoms. The molecule has 0 saturated heterocycles. The fraction of sp³-hybridized carbons (Fsp3) is 0.143. The normalized spacial score (nSPS) is 10.3. The second kappa shape index (κ2) is 5.21. The van der Waals surface area contributed by atoms with Crippen molar-refractivity contribution in [2.45, 2.75) is 6.54 Å². The van der Waals surface area contributed by atoms with Crippen LogP contribution >= 0.6 is 11.6 Å². The third-order valence-corrected chi connectivity index (χ3v) is 3.00. The standard InChI is InChI=1S/C14H14ClNO/c1-17-14-8-10(9-16)6-7-12(14)11-4-2-3-5-13(11)15/h2-8H,9,16H2,1H3. The molecule has 17 heavy (non-hydrogen) atoms. The molecule has 2 aromatic rings. The van der Waals surface area contributed by atoms with Gasteiger partial charge in [0.25, 0.3) is 0 Å². The molecule has 0 saturated carbocycles. The molecule has 2 aromatic carbocycles. The molecule has 0 aliphatic rings. The summed E-state index contributed by atoms with van der Waals surface area (Å²) in [6.07, 6.45) is 0. The Hall–Kier alpha value is -1.51. The van der Waals surface area contributed by atoms with Gasteiger partial charge in [-0.1, -0.05) is 41.9 Å². The summed E-state index contributed by atoms with van der Waals surface area (Å²) in [5.41, 5.74) is 8.60. The van der Waals surface area contributed by atoms with Crippen LogP contribution < -0.4 is 10.5 Å². The van der Waals surface area contributed by atoms with Gasteiger partial charge in [0.2, 0.25) is 0 Å². The summed E-state index contributed by atoms with van der Waals surface area (Å²) >= 11 is 6.18. The summed E-state index contributed by atoms with van der Waals surface area (Å²) in [7, 11) is 1.65. The average Bonchev–Trinajstić information content (AvgIpc) is 2.38. The topological polar surface area (TPSA) is 35.2 Å². The summed E-state index contributed by atoms with van der Waals surface area (Å²) in [5.74, 6) is 0.793. The van der Waals surface area contributed by atoms with Gasteiger partial charge in [-0.25, -0.2) is 0 Å². The average molecular weight is 248 g/mol. The summed E-state index contributed by atoms with van der Waals surface area (Å²) in [6, 6.07) is 13.6. The first-order valence-electron chi connectivity index (χ1n) is 5.38. The van der Waals surface area contributed by atoms with Gasteiger partial charge in [0.05, 0.1) is 7.11 Å². The number of hydrogen-bond donors (Lipinski definition) is 1. The quantitative estimate of drug-likeness (QED) is 0.901. The van der Waals surface area contributed by atoms with Crippen LogP contribution in [-0.2, 0) is 6.54 Å². The molecule has 0 aliphatic heterocycles. The minimum Gasteiger partial charge on any atom is -0.496 e. The predicted octanol–water partition coefficient (Wildman–Crippen LogP) is 3.47. The lowest BCUT2D eigenvalue weighted by molar-refractivity contribution is 0.416. The summed E-state index contributed by atoms with van der Waals surface area (Å²) < 4.78 is 5.38. The first kappa shape index (κ1) is 12.0. The highest BCUT2D eigenvalue weighted by atomic mass is 35.5. The maximum Gasteiger partial charge on any atom is 0.127 e. The Morgan fingerprint density at radius 2 is 1.88 bits per heavy atom. The number of ether oxygens (including phenoxy) is 1. The fourth-order valence-electron chi connectivity index (χ4n) is 1.76. The van der Waals surface area contributed by atoms with Crippen molar-refractivity contribution in [1.29, 1.82) is 0 Å². The monoisotopic (exact) mass is 247 g/mol. The van der Waals surface area contributed by atoms with Crippen LogP contribution in [0.2, 0.25) is 5.02 Å². The molecule has 0 fully saturated rings. The lowest BCUT2D eigenvalue weighted by Crippen LogP contribution is -1.97. The predicted molar refractivity (Wildman–Crippen MR) is 71.3 cm³/mol. The summed E-state index contributed by atoms with van der Waals surface area (Å²) in [4.78, 5) is 0. The van der Waals surface area contributed by atoms with Crippen LogP contribution in [0.15, 0.2) is 42.5 Å². The zero-order valence-electron chi connectivity index (χ0n) is 9.61. The minimum atomic E-state index is 0.499. The lowest BCUT2D eigenvalue weighted by atomic mass is 10.0. The first-order valence-corrected chi connectivity index (χ1v) is 5.76. The number of methoxy groups -OCH3 is 1. The van der Waals surface area contributed by atoms with Gasteiger partial charge in [-0.3, -0.25) is 0 Å². The van der Waals surface area contributed by atoms with Crippen LogP contribution in [0.4, 0.5) is 0 Å². The molecule has 0 unspecified atom stereocenters. The highest BCUT2D eigenvalue weighted by Crippen LogP contribution is 2.35. The van der Waals surface area contributed by atoms with Crippen LogP contribution in [0, 0.1) is 0 Å². The van der Waals surface area contributed by atoms with Crippen molar-refractivity contribution in [2.24, 2.45) is 5.73 Å². The van der Waals surface area contributed by atoms with Crippen LogP contribution in [0.1, 0.15) is 5.56 Å². The first-order chi connectivity index (χ1) is 8.26. The number of halogens is 1. The van der Waals surface area contributed by atoms with Gasteiger partial charge in [0.1, 0.15) is 5.75 Å². The summed E-state index contributed by atoms with van der Waals surface area (Å²) in [6.45, 7) is 0.499. The SMILES string of the molecule is COc1cc(CN)ccc1-c1ccccc1Cl. The van der Waals surface area contributed by atoms with E-state index in [4.69, 9.17) is 22.1 Å². The van der Waals surface area contributed by atoms with Crippen LogP contribution in [0.5, 0.6) is 5.75 Å². The molecule has 0 atom stereocenters. The van der Waals surface area contributed by atoms with Crippen LogP contribution in [0.25, 0.3) is 11.1 Å². The maximum absolute atomic E-state index is 6.18. The Morgan fingerprint density at radius 1 is 1.12 bits per heavy atom. The Balaban J connectivity index is 2.56. The molecular weight excluding hydrogens is 234 g/mol. The molecule has 0 amide bonds. The molecule has 88 valence electrons. The molecule has 0 aromatic heterocycles. The lowest BCUT2D eigenvalue weighted by Gasteiger charge is -2.11. The largest absolute Gasteiger partial charge is 0.496 e. The van der Waals surface area contributed by atoms with Crippen molar-refractivity contribution in [3.8, 4) is 16.9 Å². The molecule has 0 aliphatic carbocycles. The molecule has 0 heterocycles. The van der Waals surface area contributed by atoms with Gasteiger partial charge in [-0.15, -0.1) is 0 Å². The van der Waals surface area contributed by atoms with Crippen molar-refractivity contribution < 1.29 is 4.74 Å². The van der Waals surface area contributed by atoms with E-state index in [-0.39, 0.29) is 0 Å². The van der Waals surface area contributed by atoms with E-state index in [1.165, 1.54) is 0 Å². The van der Waals surface area contributed by atoms with Gasteiger partial charge >= 0.3 is 0 Å². The third kappa shape index (κ3) is 2.43. The number of benzene rings is 2. The van der Waals surface area contributed by atoms with Crippen molar-refractivity contribution in [3.05, 3.63) is 53.1 Å². The van der Waals surface area contributed by atoms with E-state index in [0.717, 1.165) is 22.4 Å². The molecule has 3 heteroatoms. The van der Waals surface area contributed by atoms with E-state index in [1.807, 2.05) is 42.5 Å². The molecule has 2 N–H and O–H groups in total. The molecule has 2 rings (SSSR count). The van der Waals surface area contributed by atoms with Crippen molar-refractivity contribution in [2.75, 3.05) is 7.11 Å². The van der Waals surface area contributed by atoms with E-state index in [1.54, 1.807) is 7.11 Å². The van der Waals surface area contributed by atoms with Crippen molar-refractivity contribution in [1.82, 2.24) is 0 Å². The molecule has 0 radical (unpaired) electrons. The zero-order chi connectivity index (χ0) is 12.3. The minimum absolute atomic E-state index is 0.499. The molecular formula is C14H14ClNO. The Kier molecular flexibility index (Phi) is 3.67. The van der Waals surface area contributed by atoms with E-state index in [9.17, 15) is 0 Å². The number of nitrogens with two attached hydrogens (primary N) is 1. The Bertz CT molecular complexity index is 525. The van der Waals surface area contributed by atoms with Gasteiger partial charge in [-0.2, -0.15) is 0 Å². The van der Waals surface area contributed by atoms with Crippen LogP contribution in [0.3, 0.4) is 0 Å². The highest BCUT2D eigenvalue weighted by Gasteiger charge is 2.09. The van der Waals surface area contributed by atoms with Gasteiger partial charge in [-0.05, 0) is 17.7 Å². The second-order valence-corrected chi connectivity index (χ2v) is 4.13. The number of hydrogen-bond acceptors (Lipinski definition) is 2. The maximum atomic E-state index is 6.18. The van der Waals surface area contributed by atoms with E-state index >= 15 is 0 Å². The van der Waals surface area contributed by atoms with E-state index in [0.29, 0.717) is 11.6 Å². The van der Waals surface area contributed by atoms with Gasteiger partial charge in [0, 0.05) is 22.7 Å². The second-order valence-electron chi connectivity index (χ2n) is 3.72. The summed E-state index contributed by atoms with van der Waals surface area (Å²) in [5, 5.41) is 0.714. The van der Waals surface area contributed by atoms with E-state index < -0.39 is 0 Å². The van der Waals surface area contributed by atoms with Crippen LogP contribution in [-0.4, -0.2) is 7.11 Å². The number of rotatable bonds is 3. The highest BCUT2D eigenvalue weighted by molar-refractivity contribution is 6.33. The van der Waals surface area contributed by atoms with Crippen molar-refractivity contribution in [3.63, 3.8) is 0 Å².